The summed E-state index contributed by atoms with van der Waals surface area (Å²) in [5, 5.41) is 14.9. The fourth-order valence-corrected chi connectivity index (χ4v) is 5.95. The molecule has 1 saturated carbocycles. The van der Waals surface area contributed by atoms with Crippen LogP contribution in [0.3, 0.4) is 0 Å². The summed E-state index contributed by atoms with van der Waals surface area (Å²) < 4.78 is 9.12. The number of hydrogen-bond acceptors (Lipinski definition) is 7. The molecule has 5 rings (SSSR count). The van der Waals surface area contributed by atoms with Gasteiger partial charge >= 0.3 is 0 Å². The lowest BCUT2D eigenvalue weighted by atomic mass is 10.2. The maximum atomic E-state index is 12.6. The van der Waals surface area contributed by atoms with E-state index in [4.69, 9.17) is 4.74 Å². The van der Waals surface area contributed by atoms with Crippen LogP contribution in [0.5, 0.6) is 5.75 Å². The third-order valence-corrected chi connectivity index (χ3v) is 8.23. The molecule has 36 heavy (non-hydrogen) atoms. The number of carbonyl (C=O) groups is 1. The average Bonchev–Trinajstić information content (AvgIpc) is 3.65. The maximum absolute atomic E-state index is 12.6. The molecule has 1 fully saturated rings. The van der Waals surface area contributed by atoms with Crippen LogP contribution in [0.1, 0.15) is 32.6 Å². The molecule has 0 radical (unpaired) electrons. The third kappa shape index (κ3) is 5.99. The van der Waals surface area contributed by atoms with Crippen LogP contribution in [-0.4, -0.2) is 37.5 Å². The quantitative estimate of drug-likeness (QED) is 0.216. The molecule has 2 aromatic carbocycles. The summed E-state index contributed by atoms with van der Waals surface area (Å²) in [6.07, 6.45) is 5.10. The molecule has 0 bridgehead atoms. The minimum Gasteiger partial charge on any atom is -0.490 e. The number of amides is 1. The lowest BCUT2D eigenvalue weighted by Crippen LogP contribution is -2.14. The molecule has 4 aromatic rings. The van der Waals surface area contributed by atoms with Gasteiger partial charge in [0.1, 0.15) is 5.75 Å². The molecular weight excluding hydrogens is 558 g/mol. The molecule has 1 N–H and O–H groups in total. The summed E-state index contributed by atoms with van der Waals surface area (Å²) in [5.74, 6) is 1.77. The number of halogens is 1. The fourth-order valence-electron chi connectivity index (χ4n) is 4.15. The summed E-state index contributed by atoms with van der Waals surface area (Å²) in [4.78, 5) is 17.1. The van der Waals surface area contributed by atoms with E-state index in [-0.39, 0.29) is 11.7 Å². The number of thiazole rings is 1. The summed E-state index contributed by atoms with van der Waals surface area (Å²) in [6, 6.07) is 16.0. The van der Waals surface area contributed by atoms with Crippen LogP contribution in [0, 0.1) is 0 Å². The Morgan fingerprint density at radius 2 is 1.83 bits per heavy atom. The van der Waals surface area contributed by atoms with Crippen molar-refractivity contribution >= 4 is 50.1 Å². The van der Waals surface area contributed by atoms with Crippen molar-refractivity contribution in [2.75, 3.05) is 11.1 Å². The highest BCUT2D eigenvalue weighted by Crippen LogP contribution is 2.29. The van der Waals surface area contributed by atoms with Crippen LogP contribution in [0.15, 0.2) is 63.5 Å². The molecule has 2 aromatic heterocycles. The summed E-state index contributed by atoms with van der Waals surface area (Å²) >= 11 is 6.22. The Hall–Kier alpha value is -2.69. The van der Waals surface area contributed by atoms with Crippen molar-refractivity contribution in [3.05, 3.63) is 58.4 Å². The van der Waals surface area contributed by atoms with E-state index < -0.39 is 0 Å². The molecule has 1 aliphatic carbocycles. The first-order valence-electron chi connectivity index (χ1n) is 11.9. The second-order valence-electron chi connectivity index (χ2n) is 8.48. The summed E-state index contributed by atoms with van der Waals surface area (Å²) in [5.41, 5.74) is 2.82. The van der Waals surface area contributed by atoms with Gasteiger partial charge < -0.3 is 14.6 Å². The second-order valence-corrected chi connectivity index (χ2v) is 11.2. The highest BCUT2D eigenvalue weighted by atomic mass is 79.9. The smallest absolute Gasteiger partial charge is 0.236 e. The van der Waals surface area contributed by atoms with Gasteiger partial charge in [-0.2, -0.15) is 0 Å². The van der Waals surface area contributed by atoms with E-state index in [0.29, 0.717) is 22.9 Å². The van der Waals surface area contributed by atoms with E-state index in [1.54, 1.807) is 0 Å². The number of rotatable bonds is 9. The zero-order valence-electron chi connectivity index (χ0n) is 19.8. The lowest BCUT2D eigenvalue weighted by molar-refractivity contribution is -0.113. The Morgan fingerprint density at radius 3 is 2.56 bits per heavy atom. The monoisotopic (exact) mass is 583 g/mol. The van der Waals surface area contributed by atoms with E-state index >= 15 is 0 Å². The Bertz CT molecular complexity index is 1320. The van der Waals surface area contributed by atoms with Gasteiger partial charge in [0.2, 0.25) is 5.91 Å². The van der Waals surface area contributed by atoms with E-state index in [1.807, 2.05) is 65.4 Å². The number of thioether (sulfide) groups is 1. The molecule has 0 unspecified atom stereocenters. The van der Waals surface area contributed by atoms with Crippen molar-refractivity contribution in [3.8, 4) is 28.4 Å². The molecule has 1 amide bonds. The van der Waals surface area contributed by atoms with Gasteiger partial charge in [-0.15, -0.1) is 21.5 Å². The SMILES string of the molecule is CCn1c(SCC(=O)Nc2nc(-c3ccc(Br)cc3)cs2)nnc1-c1ccc(OC2CCCC2)cc1. The van der Waals surface area contributed by atoms with Crippen molar-refractivity contribution in [1.29, 1.82) is 0 Å². The summed E-state index contributed by atoms with van der Waals surface area (Å²) in [7, 11) is 0. The summed E-state index contributed by atoms with van der Waals surface area (Å²) in [6.45, 7) is 2.75. The fraction of sp³-hybridized carbons (Fsp3) is 0.308. The zero-order chi connectivity index (χ0) is 24.9. The molecule has 2 heterocycles. The van der Waals surface area contributed by atoms with Gasteiger partial charge in [-0.1, -0.05) is 39.8 Å². The van der Waals surface area contributed by atoms with E-state index in [9.17, 15) is 4.79 Å². The van der Waals surface area contributed by atoms with Gasteiger partial charge in [-0.25, -0.2) is 4.98 Å². The van der Waals surface area contributed by atoms with Gasteiger partial charge in [-0.05, 0) is 69.0 Å². The zero-order valence-corrected chi connectivity index (χ0v) is 23.0. The molecule has 0 aliphatic heterocycles. The van der Waals surface area contributed by atoms with E-state index in [0.717, 1.165) is 45.7 Å². The number of hydrogen-bond donors (Lipinski definition) is 1. The van der Waals surface area contributed by atoms with E-state index in [1.165, 1.54) is 35.9 Å². The number of nitrogens with one attached hydrogen (secondary N) is 1. The predicted octanol–water partition coefficient (Wildman–Crippen LogP) is 6.90. The number of nitrogens with zero attached hydrogens (tertiary/aromatic N) is 4. The van der Waals surface area contributed by atoms with Crippen molar-refractivity contribution in [1.82, 2.24) is 19.7 Å². The van der Waals surface area contributed by atoms with Gasteiger partial charge in [0.15, 0.2) is 16.1 Å². The molecule has 10 heteroatoms. The largest absolute Gasteiger partial charge is 0.490 e. The Morgan fingerprint density at radius 1 is 1.11 bits per heavy atom. The van der Waals surface area contributed by atoms with Gasteiger partial charge in [0.05, 0.1) is 17.6 Å². The molecular formula is C26H26BrN5O2S2. The average molecular weight is 585 g/mol. The van der Waals surface area contributed by atoms with Crippen LogP contribution in [0.4, 0.5) is 5.13 Å². The normalized spacial score (nSPS) is 13.7. The third-order valence-electron chi connectivity index (χ3n) is 5.97. The highest BCUT2D eigenvalue weighted by Gasteiger charge is 2.18. The molecule has 0 saturated heterocycles. The van der Waals surface area contributed by atoms with Crippen molar-refractivity contribution in [2.45, 2.75) is 50.4 Å². The minimum absolute atomic E-state index is 0.127. The van der Waals surface area contributed by atoms with Crippen molar-refractivity contribution in [2.24, 2.45) is 0 Å². The van der Waals surface area contributed by atoms with Crippen LogP contribution >= 0.6 is 39.0 Å². The Kier molecular flexibility index (Phi) is 8.03. The first-order valence-corrected chi connectivity index (χ1v) is 14.6. The predicted molar refractivity (Wildman–Crippen MR) is 149 cm³/mol. The number of aromatic nitrogens is 4. The molecule has 0 atom stereocenters. The van der Waals surface area contributed by atoms with Crippen LogP contribution in [-0.2, 0) is 11.3 Å². The highest BCUT2D eigenvalue weighted by molar-refractivity contribution is 9.10. The van der Waals surface area contributed by atoms with Gasteiger partial charge in [0.25, 0.3) is 0 Å². The first kappa shape index (κ1) is 25.0. The van der Waals surface area contributed by atoms with Gasteiger partial charge in [0, 0.05) is 27.5 Å². The maximum Gasteiger partial charge on any atom is 0.236 e. The van der Waals surface area contributed by atoms with Crippen LogP contribution in [0.25, 0.3) is 22.6 Å². The molecule has 0 spiro atoms. The number of carbonyl (C=O) groups excluding carboxylic acids is 1. The second kappa shape index (κ2) is 11.6. The first-order chi connectivity index (χ1) is 17.6. The minimum atomic E-state index is -0.127. The van der Waals surface area contributed by atoms with E-state index in [2.05, 4.69) is 36.4 Å². The topological polar surface area (TPSA) is 81.9 Å². The molecule has 1 aliphatic rings. The van der Waals surface area contributed by atoms with Gasteiger partial charge in [-0.3, -0.25) is 4.79 Å². The molecule has 7 nitrogen and oxygen atoms in total. The van der Waals surface area contributed by atoms with Crippen LogP contribution in [0.2, 0.25) is 0 Å². The van der Waals surface area contributed by atoms with Crippen molar-refractivity contribution < 1.29 is 9.53 Å². The lowest BCUT2D eigenvalue weighted by Gasteiger charge is -2.13. The standard InChI is InChI=1S/C26H26BrN5O2S2/c1-2-32-24(18-9-13-21(14-10-18)34-20-5-3-4-6-20)30-31-26(32)36-16-23(33)29-25-28-22(15-35-25)17-7-11-19(27)12-8-17/h7-15,20H,2-6,16H2,1H3,(H,28,29,33). The Balaban J connectivity index is 1.19. The Labute approximate surface area is 226 Å². The number of benzene rings is 2. The molecule has 186 valence electrons. The van der Waals surface area contributed by atoms with Crippen molar-refractivity contribution in [3.63, 3.8) is 0 Å². The number of ether oxygens (including phenoxy) is 1. The van der Waals surface area contributed by atoms with Crippen LogP contribution < -0.4 is 10.1 Å². The number of anilines is 1.